The summed E-state index contributed by atoms with van der Waals surface area (Å²) in [4.78, 5) is 17.3. The van der Waals surface area contributed by atoms with E-state index in [0.717, 1.165) is 40.0 Å². The molecule has 6 heteroatoms. The smallest absolute Gasteiger partial charge is 0.265 e. The Kier molecular flexibility index (Phi) is 5.71. The third-order valence-electron chi connectivity index (χ3n) is 5.33. The van der Waals surface area contributed by atoms with Crippen LogP contribution in [-0.4, -0.2) is 26.8 Å². The molecule has 31 heavy (non-hydrogen) atoms. The van der Waals surface area contributed by atoms with Gasteiger partial charge in [-0.1, -0.05) is 49.4 Å². The number of ether oxygens (including phenoxy) is 1. The van der Waals surface area contributed by atoms with Crippen molar-refractivity contribution in [2.75, 3.05) is 5.32 Å². The van der Waals surface area contributed by atoms with Gasteiger partial charge in [0, 0.05) is 18.8 Å². The van der Waals surface area contributed by atoms with E-state index in [-0.39, 0.29) is 5.91 Å². The van der Waals surface area contributed by atoms with E-state index < -0.39 is 6.10 Å². The van der Waals surface area contributed by atoms with Crippen molar-refractivity contribution in [3.63, 3.8) is 0 Å². The molecular formula is C25H26N4O2. The maximum Gasteiger partial charge on any atom is 0.265 e. The quantitative estimate of drug-likeness (QED) is 0.487. The second-order valence-corrected chi connectivity index (χ2v) is 7.58. The number of aromatic nitrogens is 3. The van der Waals surface area contributed by atoms with Gasteiger partial charge in [-0.2, -0.15) is 10.1 Å². The monoisotopic (exact) mass is 414 g/mol. The number of hydrogen-bond acceptors (Lipinski definition) is 4. The molecule has 1 amide bonds. The lowest BCUT2D eigenvalue weighted by Crippen LogP contribution is -2.30. The predicted octanol–water partition coefficient (Wildman–Crippen LogP) is 4.91. The van der Waals surface area contributed by atoms with Crippen LogP contribution >= 0.6 is 0 Å². The van der Waals surface area contributed by atoms with Gasteiger partial charge in [-0.15, -0.1) is 0 Å². The van der Waals surface area contributed by atoms with Crippen LogP contribution in [-0.2, 0) is 18.3 Å². The largest absolute Gasteiger partial charge is 0.464 e. The minimum absolute atomic E-state index is 0.228. The molecule has 2 aromatic heterocycles. The molecule has 6 nitrogen and oxygen atoms in total. The average Bonchev–Trinajstić information content (AvgIpc) is 3.07. The summed E-state index contributed by atoms with van der Waals surface area (Å²) >= 11 is 0. The molecule has 4 aromatic rings. The first-order valence-corrected chi connectivity index (χ1v) is 10.4. The highest BCUT2D eigenvalue weighted by molar-refractivity contribution is 5.96. The maximum atomic E-state index is 12.7. The van der Waals surface area contributed by atoms with E-state index in [9.17, 15) is 4.79 Å². The van der Waals surface area contributed by atoms with Crippen molar-refractivity contribution in [2.45, 2.75) is 33.3 Å². The summed E-state index contributed by atoms with van der Waals surface area (Å²) in [5.41, 5.74) is 5.61. The average molecular weight is 415 g/mol. The Labute approximate surface area is 181 Å². The molecule has 0 spiro atoms. The number of carbonyl (C=O) groups is 1. The lowest BCUT2D eigenvalue weighted by Gasteiger charge is -2.15. The number of nitrogens with zero attached hydrogens (tertiary/aromatic N) is 3. The normalized spacial score (nSPS) is 12.0. The van der Waals surface area contributed by atoms with E-state index >= 15 is 0 Å². The summed E-state index contributed by atoms with van der Waals surface area (Å²) in [6.45, 7) is 5.79. The lowest BCUT2D eigenvalue weighted by molar-refractivity contribution is -0.122. The fourth-order valence-electron chi connectivity index (χ4n) is 3.63. The number of carbonyl (C=O) groups excluding carboxylic acids is 1. The number of benzene rings is 2. The minimum atomic E-state index is -0.714. The molecule has 0 saturated carbocycles. The standard InChI is InChI=1S/C25H26N4O2/c1-5-18-11-13-20(14-12-18)26-25(30)17(3)31-22-15-21(19-9-7-6-8-10-19)23-16(2)28-29(4)24(23)27-22/h6-15,17H,5H2,1-4H3,(H,26,30)/t17-/m0/s1. The Morgan fingerprint density at radius 2 is 1.84 bits per heavy atom. The second-order valence-electron chi connectivity index (χ2n) is 7.58. The molecule has 0 fully saturated rings. The third kappa shape index (κ3) is 4.28. The van der Waals surface area contributed by atoms with Gasteiger partial charge >= 0.3 is 0 Å². The van der Waals surface area contributed by atoms with E-state index in [1.807, 2.05) is 74.6 Å². The zero-order chi connectivity index (χ0) is 22.0. The van der Waals surface area contributed by atoms with Crippen LogP contribution in [0.15, 0.2) is 60.7 Å². The molecule has 0 radical (unpaired) electrons. The van der Waals surface area contributed by atoms with Crippen molar-refractivity contribution in [3.8, 4) is 17.0 Å². The number of nitrogens with one attached hydrogen (secondary N) is 1. The lowest BCUT2D eigenvalue weighted by atomic mass is 10.0. The zero-order valence-corrected chi connectivity index (χ0v) is 18.2. The molecule has 0 bridgehead atoms. The van der Waals surface area contributed by atoms with Crippen LogP contribution in [0.1, 0.15) is 25.1 Å². The van der Waals surface area contributed by atoms with Gasteiger partial charge in [-0.05, 0) is 49.1 Å². The Morgan fingerprint density at radius 1 is 1.13 bits per heavy atom. The molecule has 1 N–H and O–H groups in total. The van der Waals surface area contributed by atoms with Crippen molar-refractivity contribution < 1.29 is 9.53 Å². The van der Waals surface area contributed by atoms with Crippen molar-refractivity contribution in [1.29, 1.82) is 0 Å². The maximum absolute atomic E-state index is 12.7. The second kappa shape index (κ2) is 8.60. The van der Waals surface area contributed by atoms with Crippen LogP contribution < -0.4 is 10.1 Å². The van der Waals surface area contributed by atoms with Gasteiger partial charge in [-0.3, -0.25) is 9.48 Å². The highest BCUT2D eigenvalue weighted by Gasteiger charge is 2.19. The number of amides is 1. The van der Waals surface area contributed by atoms with E-state index in [2.05, 4.69) is 22.3 Å². The van der Waals surface area contributed by atoms with Crippen molar-refractivity contribution in [3.05, 3.63) is 71.9 Å². The van der Waals surface area contributed by atoms with Crippen molar-refractivity contribution in [2.24, 2.45) is 7.05 Å². The van der Waals surface area contributed by atoms with Gasteiger partial charge in [0.25, 0.3) is 5.91 Å². The Bertz CT molecular complexity index is 1210. The van der Waals surface area contributed by atoms with Crippen LogP contribution in [0.2, 0.25) is 0 Å². The number of rotatable bonds is 6. The van der Waals surface area contributed by atoms with Crippen LogP contribution in [0.3, 0.4) is 0 Å². The fraction of sp³-hybridized carbons (Fsp3) is 0.240. The third-order valence-corrected chi connectivity index (χ3v) is 5.33. The molecule has 0 aliphatic rings. The van der Waals surface area contributed by atoms with E-state index in [1.165, 1.54) is 5.56 Å². The summed E-state index contributed by atoms with van der Waals surface area (Å²) in [6.07, 6.45) is 0.243. The Balaban J connectivity index is 1.61. The summed E-state index contributed by atoms with van der Waals surface area (Å²) in [7, 11) is 1.86. The Hall–Kier alpha value is -3.67. The molecule has 158 valence electrons. The van der Waals surface area contributed by atoms with Gasteiger partial charge in [0.05, 0.1) is 11.1 Å². The minimum Gasteiger partial charge on any atom is -0.464 e. The summed E-state index contributed by atoms with van der Waals surface area (Å²) in [5.74, 6) is 0.159. The van der Waals surface area contributed by atoms with Crippen LogP contribution in [0, 0.1) is 6.92 Å². The first-order chi connectivity index (χ1) is 15.0. The number of hydrogen-bond donors (Lipinski definition) is 1. The summed E-state index contributed by atoms with van der Waals surface area (Å²) in [5, 5.41) is 8.40. The molecule has 1 atom stereocenters. The van der Waals surface area contributed by atoms with Crippen molar-refractivity contribution >= 4 is 22.6 Å². The van der Waals surface area contributed by atoms with Crippen molar-refractivity contribution in [1.82, 2.24) is 14.8 Å². The van der Waals surface area contributed by atoms with E-state index in [0.29, 0.717) is 5.88 Å². The molecular weight excluding hydrogens is 388 g/mol. The SMILES string of the molecule is CCc1ccc(NC(=O)[C@H](C)Oc2cc(-c3ccccc3)c3c(C)nn(C)c3n2)cc1. The topological polar surface area (TPSA) is 69.0 Å². The molecule has 0 saturated heterocycles. The summed E-state index contributed by atoms with van der Waals surface area (Å²) in [6, 6.07) is 19.8. The van der Waals surface area contributed by atoms with Gasteiger partial charge in [0.2, 0.25) is 5.88 Å². The first kappa shape index (κ1) is 20.6. The summed E-state index contributed by atoms with van der Waals surface area (Å²) < 4.78 is 7.70. The number of pyridine rings is 1. The van der Waals surface area contributed by atoms with E-state index in [4.69, 9.17) is 4.74 Å². The van der Waals surface area contributed by atoms with Crippen LogP contribution in [0.4, 0.5) is 5.69 Å². The number of anilines is 1. The molecule has 2 aromatic carbocycles. The molecule has 0 aliphatic heterocycles. The van der Waals surface area contributed by atoms with Crippen LogP contribution in [0.5, 0.6) is 5.88 Å². The van der Waals surface area contributed by atoms with Gasteiger partial charge in [0.1, 0.15) is 0 Å². The Morgan fingerprint density at radius 3 is 2.52 bits per heavy atom. The molecule has 2 heterocycles. The zero-order valence-electron chi connectivity index (χ0n) is 18.2. The molecule has 0 aliphatic carbocycles. The predicted molar refractivity (Wildman–Crippen MR) is 123 cm³/mol. The highest BCUT2D eigenvalue weighted by Crippen LogP contribution is 2.33. The first-order valence-electron chi connectivity index (χ1n) is 10.4. The fourth-order valence-corrected chi connectivity index (χ4v) is 3.63. The van der Waals surface area contributed by atoms with Gasteiger partial charge in [-0.25, -0.2) is 0 Å². The van der Waals surface area contributed by atoms with Gasteiger partial charge < -0.3 is 10.1 Å². The van der Waals surface area contributed by atoms with Gasteiger partial charge in [0.15, 0.2) is 11.8 Å². The molecule has 4 rings (SSSR count). The van der Waals surface area contributed by atoms with Crippen LogP contribution in [0.25, 0.3) is 22.2 Å². The number of aryl methyl sites for hydroxylation is 3. The highest BCUT2D eigenvalue weighted by atomic mass is 16.5. The number of fused-ring (bicyclic) bond motifs is 1. The van der Waals surface area contributed by atoms with E-state index in [1.54, 1.807) is 11.6 Å². The molecule has 0 unspecified atom stereocenters.